The zero-order chi connectivity index (χ0) is 21.9. The molecule has 0 unspecified atom stereocenters. The highest BCUT2D eigenvalue weighted by Gasteiger charge is 2.31. The van der Waals surface area contributed by atoms with E-state index in [4.69, 9.17) is 0 Å². The molecule has 0 bridgehead atoms. The van der Waals surface area contributed by atoms with E-state index in [-0.39, 0.29) is 11.4 Å². The quantitative estimate of drug-likeness (QED) is 0.542. The Morgan fingerprint density at radius 2 is 1.69 bits per heavy atom. The van der Waals surface area contributed by atoms with Gasteiger partial charge in [-0.15, -0.1) is 0 Å². The number of non-ortho nitro benzene ring substituents is 1. The third kappa shape index (κ3) is 5.32. The van der Waals surface area contributed by atoms with Crippen LogP contribution in [-0.4, -0.2) is 31.5 Å². The second-order valence-electron chi connectivity index (χ2n) is 7.23. The predicted molar refractivity (Wildman–Crippen MR) is 114 cm³/mol. The highest BCUT2D eigenvalue weighted by Crippen LogP contribution is 2.29. The average molecular weight is 420 g/mol. The number of nitro groups is 1. The van der Waals surface area contributed by atoms with E-state index < -0.39 is 26.9 Å². The number of rotatable bonds is 7. The van der Waals surface area contributed by atoms with Gasteiger partial charge in [-0.2, -0.15) is 0 Å². The first-order valence-electron chi connectivity index (χ1n) is 9.07. The van der Waals surface area contributed by atoms with Crippen LogP contribution in [0, 0.1) is 17.0 Å². The fourth-order valence-electron chi connectivity index (χ4n) is 2.93. The Morgan fingerprint density at radius 3 is 2.17 bits per heavy atom. The average Bonchev–Trinajstić information content (AvgIpc) is 2.62. The largest absolute Gasteiger partial charge is 0.324 e. The van der Waals surface area contributed by atoms with Gasteiger partial charge in [-0.3, -0.25) is 19.2 Å². The Labute approximate surface area is 170 Å². The molecule has 8 nitrogen and oxygen atoms in total. The van der Waals surface area contributed by atoms with E-state index >= 15 is 0 Å². The van der Waals surface area contributed by atoms with Gasteiger partial charge >= 0.3 is 0 Å². The summed E-state index contributed by atoms with van der Waals surface area (Å²) in [7, 11) is -3.89. The fourth-order valence-corrected chi connectivity index (χ4v) is 4.15. The summed E-state index contributed by atoms with van der Waals surface area (Å²) in [6.45, 7) is 7.19. The zero-order valence-electron chi connectivity index (χ0n) is 17.0. The topological polar surface area (TPSA) is 110 Å². The van der Waals surface area contributed by atoms with Gasteiger partial charge in [0.25, 0.3) is 5.69 Å². The van der Waals surface area contributed by atoms with Crippen LogP contribution in [0.1, 0.15) is 37.8 Å². The molecule has 0 fully saturated rings. The number of hydrogen-bond donors (Lipinski definition) is 1. The Morgan fingerprint density at radius 1 is 1.10 bits per heavy atom. The van der Waals surface area contributed by atoms with Crippen molar-refractivity contribution in [3.63, 3.8) is 0 Å². The summed E-state index contributed by atoms with van der Waals surface area (Å²) >= 11 is 0. The Bertz CT molecular complexity index is 1020. The van der Waals surface area contributed by atoms with Gasteiger partial charge in [0.15, 0.2) is 0 Å². The minimum Gasteiger partial charge on any atom is -0.324 e. The first-order valence-corrected chi connectivity index (χ1v) is 10.9. The molecule has 2 aromatic rings. The minimum absolute atomic E-state index is 0.0968. The molecule has 0 aliphatic rings. The number of aryl methyl sites for hydroxylation is 1. The van der Waals surface area contributed by atoms with Crippen molar-refractivity contribution in [3.8, 4) is 0 Å². The third-order valence-corrected chi connectivity index (χ3v) is 5.80. The monoisotopic (exact) mass is 419 g/mol. The van der Waals surface area contributed by atoms with E-state index in [0.717, 1.165) is 22.2 Å². The third-order valence-electron chi connectivity index (χ3n) is 4.57. The summed E-state index contributed by atoms with van der Waals surface area (Å²) in [5.41, 5.74) is 1.99. The zero-order valence-corrected chi connectivity index (χ0v) is 17.9. The molecule has 29 heavy (non-hydrogen) atoms. The molecule has 0 radical (unpaired) electrons. The Balaban J connectivity index is 2.37. The molecule has 0 aromatic heterocycles. The number of nitro benzene ring substituents is 1. The summed E-state index contributed by atoms with van der Waals surface area (Å²) < 4.78 is 25.8. The van der Waals surface area contributed by atoms with Crippen LogP contribution in [0.15, 0.2) is 42.5 Å². The molecule has 0 heterocycles. The molecular formula is C20H25N3O5S. The highest BCUT2D eigenvalue weighted by molar-refractivity contribution is 7.92. The lowest BCUT2D eigenvalue weighted by molar-refractivity contribution is -0.384. The smallest absolute Gasteiger partial charge is 0.271 e. The second-order valence-corrected chi connectivity index (χ2v) is 9.09. The second kappa shape index (κ2) is 8.60. The van der Waals surface area contributed by atoms with Gasteiger partial charge in [0, 0.05) is 17.8 Å². The van der Waals surface area contributed by atoms with E-state index in [1.54, 1.807) is 19.1 Å². The summed E-state index contributed by atoms with van der Waals surface area (Å²) in [6, 6.07) is 10.1. The van der Waals surface area contributed by atoms with Crippen molar-refractivity contribution >= 4 is 33.0 Å². The van der Waals surface area contributed by atoms with Crippen LogP contribution < -0.4 is 9.62 Å². The normalized spacial score (nSPS) is 12.5. The van der Waals surface area contributed by atoms with E-state index in [1.165, 1.54) is 19.1 Å². The van der Waals surface area contributed by atoms with Gasteiger partial charge in [-0.25, -0.2) is 8.42 Å². The Hall–Kier alpha value is -2.94. The number of hydrogen-bond acceptors (Lipinski definition) is 5. The van der Waals surface area contributed by atoms with E-state index in [9.17, 15) is 23.3 Å². The van der Waals surface area contributed by atoms with Crippen molar-refractivity contribution in [2.75, 3.05) is 15.9 Å². The van der Waals surface area contributed by atoms with Crippen LogP contribution >= 0.6 is 0 Å². The lowest BCUT2D eigenvalue weighted by atomic mass is 10.0. The maximum atomic E-state index is 12.8. The molecule has 0 aliphatic carbocycles. The number of nitrogens with one attached hydrogen (secondary N) is 1. The molecule has 0 saturated carbocycles. The number of nitrogens with zero attached hydrogens (tertiary/aromatic N) is 2. The van der Waals surface area contributed by atoms with Crippen LogP contribution in [0.2, 0.25) is 0 Å². The summed E-state index contributed by atoms with van der Waals surface area (Å²) in [5, 5.41) is 13.8. The maximum Gasteiger partial charge on any atom is 0.271 e. The number of carbonyl (C=O) groups is 1. The molecule has 2 rings (SSSR count). The van der Waals surface area contributed by atoms with Crippen molar-refractivity contribution < 1.29 is 18.1 Å². The lowest BCUT2D eigenvalue weighted by Crippen LogP contribution is -2.45. The number of carbonyl (C=O) groups excluding carboxylic acids is 1. The van der Waals surface area contributed by atoms with Gasteiger partial charge in [0.05, 0.1) is 16.9 Å². The van der Waals surface area contributed by atoms with Gasteiger partial charge in [-0.1, -0.05) is 32.0 Å². The van der Waals surface area contributed by atoms with E-state index in [0.29, 0.717) is 17.2 Å². The summed E-state index contributed by atoms with van der Waals surface area (Å²) in [4.78, 5) is 23.3. The van der Waals surface area contributed by atoms with Crippen LogP contribution in [0.4, 0.5) is 17.1 Å². The van der Waals surface area contributed by atoms with E-state index in [1.807, 2.05) is 12.1 Å². The first kappa shape index (κ1) is 22.4. The SMILES string of the molecule is Cc1ccc([N+](=O)[O-])cc1N([C@H](C)C(=O)Nc1ccc(C(C)C)cc1)S(C)(=O)=O. The summed E-state index contributed by atoms with van der Waals surface area (Å²) in [6.07, 6.45) is 0.965. The van der Waals surface area contributed by atoms with Gasteiger partial charge in [0.1, 0.15) is 6.04 Å². The van der Waals surface area contributed by atoms with Crippen LogP contribution in [0.5, 0.6) is 0 Å². The van der Waals surface area contributed by atoms with Crippen molar-refractivity contribution in [1.29, 1.82) is 0 Å². The number of anilines is 2. The standard InChI is InChI=1S/C20H25N3O5S/c1-13(2)16-7-9-17(10-8-16)21-20(24)15(4)22(29(5,27)28)19-12-18(23(25)26)11-6-14(19)3/h6-13,15H,1-5H3,(H,21,24)/t15-/m1/s1. The van der Waals surface area contributed by atoms with Crippen LogP contribution in [-0.2, 0) is 14.8 Å². The fraction of sp³-hybridized carbons (Fsp3) is 0.350. The van der Waals surface area contributed by atoms with Crippen LogP contribution in [0.25, 0.3) is 0 Å². The van der Waals surface area contributed by atoms with Gasteiger partial charge in [-0.05, 0) is 43.0 Å². The maximum absolute atomic E-state index is 12.8. The van der Waals surface area contributed by atoms with Crippen LogP contribution in [0.3, 0.4) is 0 Å². The molecule has 1 atom stereocenters. The van der Waals surface area contributed by atoms with E-state index in [2.05, 4.69) is 19.2 Å². The van der Waals surface area contributed by atoms with Crippen molar-refractivity contribution in [3.05, 3.63) is 63.7 Å². The molecule has 156 valence electrons. The minimum atomic E-state index is -3.89. The summed E-state index contributed by atoms with van der Waals surface area (Å²) in [5.74, 6) is -0.199. The molecule has 9 heteroatoms. The lowest BCUT2D eigenvalue weighted by Gasteiger charge is -2.29. The van der Waals surface area contributed by atoms with Crippen molar-refractivity contribution in [2.45, 2.75) is 39.7 Å². The number of benzene rings is 2. The molecule has 2 aromatic carbocycles. The van der Waals surface area contributed by atoms with Gasteiger partial charge < -0.3 is 5.32 Å². The number of sulfonamides is 1. The highest BCUT2D eigenvalue weighted by atomic mass is 32.2. The van der Waals surface area contributed by atoms with Crippen molar-refractivity contribution in [1.82, 2.24) is 0 Å². The van der Waals surface area contributed by atoms with Gasteiger partial charge in [0.2, 0.25) is 15.9 Å². The molecule has 0 saturated heterocycles. The first-order chi connectivity index (χ1) is 13.4. The molecular weight excluding hydrogens is 394 g/mol. The predicted octanol–water partition coefficient (Wildman–Crippen LogP) is 3.82. The van der Waals surface area contributed by atoms with Crippen molar-refractivity contribution in [2.24, 2.45) is 0 Å². The Kier molecular flexibility index (Phi) is 6.63. The molecule has 1 amide bonds. The molecule has 0 aliphatic heterocycles. The molecule has 1 N–H and O–H groups in total. The molecule has 0 spiro atoms. The number of amides is 1.